The molecule has 1 aliphatic rings. The topological polar surface area (TPSA) is 70.3 Å². The fourth-order valence-corrected chi connectivity index (χ4v) is 0.875. The van der Waals surface area contributed by atoms with Gasteiger partial charge in [-0.2, -0.15) is 4.98 Å². The first kappa shape index (κ1) is 7.30. The van der Waals surface area contributed by atoms with Gasteiger partial charge >= 0.3 is 0 Å². The zero-order chi connectivity index (χ0) is 8.39. The molecule has 2 rings (SSSR count). The van der Waals surface area contributed by atoms with Gasteiger partial charge in [0.1, 0.15) is 6.10 Å². The van der Waals surface area contributed by atoms with Crippen LogP contribution in [0.4, 0.5) is 5.95 Å². The van der Waals surface area contributed by atoms with Crippen LogP contribution in [0.25, 0.3) is 0 Å². The molecule has 0 bridgehead atoms. The SMILES string of the molecule is Nc1nccc(OC2COC2)n1. The van der Waals surface area contributed by atoms with Gasteiger partial charge in [0.05, 0.1) is 13.2 Å². The van der Waals surface area contributed by atoms with E-state index in [0.29, 0.717) is 19.1 Å². The van der Waals surface area contributed by atoms with Crippen LogP contribution in [0.1, 0.15) is 0 Å². The van der Waals surface area contributed by atoms with E-state index in [1.807, 2.05) is 0 Å². The number of aromatic nitrogens is 2. The lowest BCUT2D eigenvalue weighted by molar-refractivity contribution is -0.0813. The predicted octanol–water partition coefficient (Wildman–Crippen LogP) is -0.164. The summed E-state index contributed by atoms with van der Waals surface area (Å²) in [4.78, 5) is 7.63. The van der Waals surface area contributed by atoms with Gasteiger partial charge in [-0.05, 0) is 0 Å². The normalized spacial score (nSPS) is 17.0. The Hall–Kier alpha value is -1.36. The minimum Gasteiger partial charge on any atom is -0.469 e. The molecule has 0 saturated carbocycles. The van der Waals surface area contributed by atoms with Gasteiger partial charge in [0, 0.05) is 12.3 Å². The molecule has 0 unspecified atom stereocenters. The minimum absolute atomic E-state index is 0.124. The molecule has 1 saturated heterocycles. The number of hydrogen-bond acceptors (Lipinski definition) is 5. The molecule has 2 N–H and O–H groups in total. The van der Waals surface area contributed by atoms with Gasteiger partial charge in [0.2, 0.25) is 11.8 Å². The van der Waals surface area contributed by atoms with Crippen LogP contribution in [0.15, 0.2) is 12.3 Å². The third kappa shape index (κ3) is 1.45. The fourth-order valence-electron chi connectivity index (χ4n) is 0.875. The first-order valence-electron chi connectivity index (χ1n) is 3.67. The van der Waals surface area contributed by atoms with Crippen LogP contribution in [-0.4, -0.2) is 29.3 Å². The van der Waals surface area contributed by atoms with Crippen LogP contribution in [0, 0.1) is 0 Å². The molecule has 1 aromatic rings. The fraction of sp³-hybridized carbons (Fsp3) is 0.429. The van der Waals surface area contributed by atoms with Crippen molar-refractivity contribution in [3.05, 3.63) is 12.3 Å². The van der Waals surface area contributed by atoms with Gasteiger partial charge in [-0.15, -0.1) is 0 Å². The third-order valence-corrected chi connectivity index (χ3v) is 1.54. The summed E-state index contributed by atoms with van der Waals surface area (Å²) in [6.07, 6.45) is 1.69. The number of ether oxygens (including phenoxy) is 2. The molecule has 1 aliphatic heterocycles. The molecule has 64 valence electrons. The molecule has 0 atom stereocenters. The largest absolute Gasteiger partial charge is 0.469 e. The average Bonchev–Trinajstić information content (AvgIpc) is 1.97. The standard InChI is InChI=1S/C7H9N3O2/c8-7-9-2-1-6(10-7)12-5-3-11-4-5/h1-2,5H,3-4H2,(H2,8,9,10). The van der Waals surface area contributed by atoms with E-state index in [4.69, 9.17) is 15.2 Å². The van der Waals surface area contributed by atoms with Crippen molar-refractivity contribution in [1.82, 2.24) is 9.97 Å². The highest BCUT2D eigenvalue weighted by atomic mass is 16.6. The van der Waals surface area contributed by atoms with Crippen molar-refractivity contribution in [2.75, 3.05) is 18.9 Å². The van der Waals surface area contributed by atoms with Crippen LogP contribution in [-0.2, 0) is 4.74 Å². The number of nitrogens with two attached hydrogens (primary N) is 1. The Morgan fingerprint density at radius 3 is 3.00 bits per heavy atom. The van der Waals surface area contributed by atoms with Crippen molar-refractivity contribution in [2.24, 2.45) is 0 Å². The molecule has 5 heteroatoms. The van der Waals surface area contributed by atoms with Crippen molar-refractivity contribution in [1.29, 1.82) is 0 Å². The van der Waals surface area contributed by atoms with E-state index in [9.17, 15) is 0 Å². The summed E-state index contributed by atoms with van der Waals surface area (Å²) in [5, 5.41) is 0. The summed E-state index contributed by atoms with van der Waals surface area (Å²) in [6.45, 7) is 1.26. The lowest BCUT2D eigenvalue weighted by atomic mass is 10.3. The average molecular weight is 167 g/mol. The van der Waals surface area contributed by atoms with Gasteiger partial charge < -0.3 is 15.2 Å². The van der Waals surface area contributed by atoms with E-state index in [0.717, 1.165) is 0 Å². The van der Waals surface area contributed by atoms with Crippen molar-refractivity contribution in [3.63, 3.8) is 0 Å². The first-order chi connectivity index (χ1) is 5.84. The smallest absolute Gasteiger partial charge is 0.223 e. The molecule has 12 heavy (non-hydrogen) atoms. The number of nitrogens with zero attached hydrogens (tertiary/aromatic N) is 2. The monoisotopic (exact) mass is 167 g/mol. The van der Waals surface area contributed by atoms with Crippen molar-refractivity contribution < 1.29 is 9.47 Å². The van der Waals surface area contributed by atoms with Gasteiger partial charge in [0.15, 0.2) is 0 Å². The van der Waals surface area contributed by atoms with E-state index in [1.54, 1.807) is 12.3 Å². The molecule has 5 nitrogen and oxygen atoms in total. The molecular weight excluding hydrogens is 158 g/mol. The number of rotatable bonds is 2. The van der Waals surface area contributed by atoms with Gasteiger partial charge in [0.25, 0.3) is 0 Å². The Morgan fingerprint density at radius 2 is 2.42 bits per heavy atom. The Balaban J connectivity index is 2.02. The molecule has 0 radical (unpaired) electrons. The molecule has 0 aromatic carbocycles. The van der Waals surface area contributed by atoms with E-state index < -0.39 is 0 Å². The maximum atomic E-state index is 5.38. The van der Waals surface area contributed by atoms with Crippen molar-refractivity contribution in [2.45, 2.75) is 6.10 Å². The highest BCUT2D eigenvalue weighted by Gasteiger charge is 2.20. The van der Waals surface area contributed by atoms with Crippen LogP contribution in [0.5, 0.6) is 5.88 Å². The summed E-state index contributed by atoms with van der Waals surface area (Å²) < 4.78 is 10.3. The highest BCUT2D eigenvalue weighted by Crippen LogP contribution is 2.12. The summed E-state index contributed by atoms with van der Waals surface area (Å²) in [5.41, 5.74) is 5.36. The Morgan fingerprint density at radius 1 is 1.58 bits per heavy atom. The third-order valence-electron chi connectivity index (χ3n) is 1.54. The summed E-state index contributed by atoms with van der Waals surface area (Å²) >= 11 is 0. The lowest BCUT2D eigenvalue weighted by Crippen LogP contribution is -2.38. The van der Waals surface area contributed by atoms with Gasteiger partial charge in [-0.25, -0.2) is 4.98 Å². The van der Waals surface area contributed by atoms with Crippen molar-refractivity contribution >= 4 is 5.95 Å². The molecule has 1 aromatic heterocycles. The maximum Gasteiger partial charge on any atom is 0.223 e. The summed E-state index contributed by atoms with van der Waals surface area (Å²) in [5.74, 6) is 0.739. The number of hydrogen-bond donors (Lipinski definition) is 1. The molecule has 0 amide bonds. The zero-order valence-electron chi connectivity index (χ0n) is 6.43. The van der Waals surface area contributed by atoms with Crippen molar-refractivity contribution in [3.8, 4) is 5.88 Å². The molecule has 2 heterocycles. The lowest BCUT2D eigenvalue weighted by Gasteiger charge is -2.25. The maximum absolute atomic E-state index is 5.38. The van der Waals surface area contributed by atoms with Crippen LogP contribution in [0.3, 0.4) is 0 Å². The Bertz CT molecular complexity index is 275. The molecule has 0 aliphatic carbocycles. The predicted molar refractivity (Wildman–Crippen MR) is 41.7 cm³/mol. The summed E-state index contributed by atoms with van der Waals surface area (Å²) in [6, 6.07) is 1.68. The second-order valence-corrected chi connectivity index (χ2v) is 2.53. The van der Waals surface area contributed by atoms with E-state index in [-0.39, 0.29) is 12.1 Å². The molecule has 1 fully saturated rings. The Kier molecular flexibility index (Phi) is 1.79. The quantitative estimate of drug-likeness (QED) is 0.662. The van der Waals surface area contributed by atoms with Crippen LogP contribution < -0.4 is 10.5 Å². The highest BCUT2D eigenvalue weighted by molar-refractivity contribution is 5.20. The van der Waals surface area contributed by atoms with Gasteiger partial charge in [-0.1, -0.05) is 0 Å². The summed E-state index contributed by atoms with van der Waals surface area (Å²) in [7, 11) is 0. The van der Waals surface area contributed by atoms with Gasteiger partial charge in [-0.3, -0.25) is 0 Å². The van der Waals surface area contributed by atoms with E-state index >= 15 is 0 Å². The zero-order valence-corrected chi connectivity index (χ0v) is 6.43. The second-order valence-electron chi connectivity index (χ2n) is 2.53. The Labute approximate surface area is 69.5 Å². The molecule has 0 spiro atoms. The second kappa shape index (κ2) is 2.94. The van der Waals surface area contributed by atoms with Crippen LogP contribution in [0.2, 0.25) is 0 Å². The van der Waals surface area contributed by atoms with E-state index in [2.05, 4.69) is 9.97 Å². The first-order valence-corrected chi connectivity index (χ1v) is 3.67. The molecular formula is C7H9N3O2. The minimum atomic E-state index is 0.124. The number of anilines is 1. The van der Waals surface area contributed by atoms with Crippen LogP contribution >= 0.6 is 0 Å². The number of nitrogen functional groups attached to an aromatic ring is 1. The van der Waals surface area contributed by atoms with E-state index in [1.165, 1.54) is 0 Å².